The number of carbonyl (C=O) groups excluding carboxylic acids is 1. The number of benzene rings is 3. The molecule has 2 heteroatoms. The Morgan fingerprint density at radius 1 is 0.649 bits per heavy atom. The molecule has 0 heterocycles. The third-order valence-corrected chi connectivity index (χ3v) is 7.96. The Morgan fingerprint density at radius 3 is 1.78 bits per heavy atom. The quantitative estimate of drug-likeness (QED) is 0.124. The SMILES string of the molecule is CCCCCCCCCCOC(=O)CC(C)(CCC)c1ccc2cc3ccc(C(C)(C)C)cc3cc2c1. The van der Waals surface area contributed by atoms with Gasteiger partial charge in [0, 0.05) is 5.41 Å². The summed E-state index contributed by atoms with van der Waals surface area (Å²) in [6.45, 7) is 14.0. The van der Waals surface area contributed by atoms with E-state index in [0.29, 0.717) is 13.0 Å². The highest BCUT2D eigenvalue weighted by Gasteiger charge is 2.30. The number of ether oxygens (including phenoxy) is 1. The van der Waals surface area contributed by atoms with Crippen LogP contribution in [0.5, 0.6) is 0 Å². The fourth-order valence-corrected chi connectivity index (χ4v) is 5.52. The van der Waals surface area contributed by atoms with Crippen LogP contribution in [0, 0.1) is 0 Å². The van der Waals surface area contributed by atoms with E-state index < -0.39 is 0 Å². The molecule has 0 fully saturated rings. The van der Waals surface area contributed by atoms with Crippen molar-refractivity contribution >= 4 is 27.5 Å². The van der Waals surface area contributed by atoms with Crippen molar-refractivity contribution in [1.82, 2.24) is 0 Å². The number of unbranched alkanes of at least 4 members (excludes halogenated alkanes) is 7. The maximum absolute atomic E-state index is 12.9. The highest BCUT2D eigenvalue weighted by Crippen LogP contribution is 2.36. The van der Waals surface area contributed by atoms with Crippen LogP contribution in [0.3, 0.4) is 0 Å². The average molecular weight is 503 g/mol. The van der Waals surface area contributed by atoms with E-state index in [1.165, 1.54) is 71.2 Å². The molecule has 3 aromatic rings. The molecule has 0 aliphatic carbocycles. The first-order chi connectivity index (χ1) is 17.7. The second-order valence-electron chi connectivity index (χ2n) is 12.4. The van der Waals surface area contributed by atoms with Crippen LogP contribution in [-0.4, -0.2) is 12.6 Å². The smallest absolute Gasteiger partial charge is 0.306 e. The molecule has 202 valence electrons. The first-order valence-corrected chi connectivity index (χ1v) is 14.8. The van der Waals surface area contributed by atoms with Crippen LogP contribution in [0.2, 0.25) is 0 Å². The second-order valence-corrected chi connectivity index (χ2v) is 12.4. The summed E-state index contributed by atoms with van der Waals surface area (Å²) < 4.78 is 5.70. The maximum atomic E-state index is 12.9. The summed E-state index contributed by atoms with van der Waals surface area (Å²) in [5.74, 6) is -0.0627. The van der Waals surface area contributed by atoms with Crippen molar-refractivity contribution in [3.05, 3.63) is 59.7 Å². The second kappa shape index (κ2) is 13.4. The van der Waals surface area contributed by atoms with Gasteiger partial charge in [0.1, 0.15) is 0 Å². The van der Waals surface area contributed by atoms with Gasteiger partial charge in [0.05, 0.1) is 13.0 Å². The molecule has 1 atom stereocenters. The number of rotatable bonds is 14. The molecule has 0 radical (unpaired) electrons. The molecule has 0 aliphatic heterocycles. The van der Waals surface area contributed by atoms with Crippen LogP contribution >= 0.6 is 0 Å². The molecule has 3 rings (SSSR count). The molecular formula is C35H50O2. The fraction of sp³-hybridized carbons (Fsp3) is 0.571. The number of esters is 1. The predicted molar refractivity (Wildman–Crippen MR) is 161 cm³/mol. The van der Waals surface area contributed by atoms with E-state index >= 15 is 0 Å². The first-order valence-electron chi connectivity index (χ1n) is 14.8. The van der Waals surface area contributed by atoms with Crippen molar-refractivity contribution < 1.29 is 9.53 Å². The van der Waals surface area contributed by atoms with Gasteiger partial charge in [-0.15, -0.1) is 0 Å². The van der Waals surface area contributed by atoms with Gasteiger partial charge in [-0.05, 0) is 63.1 Å². The summed E-state index contributed by atoms with van der Waals surface area (Å²) in [6.07, 6.45) is 12.4. The Balaban J connectivity index is 1.67. The lowest BCUT2D eigenvalue weighted by molar-refractivity contribution is -0.145. The number of fused-ring (bicyclic) bond motifs is 2. The van der Waals surface area contributed by atoms with Gasteiger partial charge in [0.2, 0.25) is 0 Å². The minimum absolute atomic E-state index is 0.0627. The third kappa shape index (κ3) is 8.32. The minimum Gasteiger partial charge on any atom is -0.466 e. The molecule has 0 bridgehead atoms. The first kappa shape index (κ1) is 29.2. The highest BCUT2D eigenvalue weighted by atomic mass is 16.5. The Bertz CT molecular complexity index is 1150. The lowest BCUT2D eigenvalue weighted by atomic mass is 9.75. The molecule has 37 heavy (non-hydrogen) atoms. The molecule has 1 unspecified atom stereocenters. The Kier molecular flexibility index (Phi) is 10.6. The van der Waals surface area contributed by atoms with Crippen molar-refractivity contribution in [3.63, 3.8) is 0 Å². The number of carbonyl (C=O) groups is 1. The number of hydrogen-bond donors (Lipinski definition) is 0. The van der Waals surface area contributed by atoms with E-state index in [2.05, 4.69) is 90.1 Å². The van der Waals surface area contributed by atoms with E-state index in [1.807, 2.05) is 0 Å². The minimum atomic E-state index is -0.221. The van der Waals surface area contributed by atoms with E-state index in [9.17, 15) is 4.79 Å². The zero-order valence-corrected chi connectivity index (χ0v) is 24.4. The van der Waals surface area contributed by atoms with Gasteiger partial charge in [-0.2, -0.15) is 0 Å². The van der Waals surface area contributed by atoms with Gasteiger partial charge in [-0.1, -0.05) is 129 Å². The fourth-order valence-electron chi connectivity index (χ4n) is 5.52. The Morgan fingerprint density at radius 2 is 1.19 bits per heavy atom. The van der Waals surface area contributed by atoms with Gasteiger partial charge in [0.15, 0.2) is 0 Å². The summed E-state index contributed by atoms with van der Waals surface area (Å²) in [5, 5.41) is 5.04. The molecule has 0 aromatic heterocycles. The summed E-state index contributed by atoms with van der Waals surface area (Å²) in [4.78, 5) is 12.9. The summed E-state index contributed by atoms with van der Waals surface area (Å²) in [5.41, 5.74) is 2.49. The normalized spacial score (nSPS) is 13.7. The summed E-state index contributed by atoms with van der Waals surface area (Å²) in [7, 11) is 0. The van der Waals surface area contributed by atoms with Crippen LogP contribution < -0.4 is 0 Å². The van der Waals surface area contributed by atoms with Crippen LogP contribution in [0.4, 0.5) is 0 Å². The van der Waals surface area contributed by atoms with Crippen molar-refractivity contribution in [2.24, 2.45) is 0 Å². The summed E-state index contributed by atoms with van der Waals surface area (Å²) >= 11 is 0. The van der Waals surface area contributed by atoms with Crippen LogP contribution in [-0.2, 0) is 20.4 Å². The van der Waals surface area contributed by atoms with Crippen molar-refractivity contribution in [1.29, 1.82) is 0 Å². The van der Waals surface area contributed by atoms with Gasteiger partial charge < -0.3 is 4.74 Å². The van der Waals surface area contributed by atoms with Gasteiger partial charge >= 0.3 is 5.97 Å². The molecule has 0 spiro atoms. The van der Waals surface area contributed by atoms with Gasteiger partial charge in [-0.25, -0.2) is 0 Å². The van der Waals surface area contributed by atoms with Crippen LogP contribution in [0.1, 0.15) is 123 Å². The molecule has 0 saturated heterocycles. The molecule has 0 N–H and O–H groups in total. The molecule has 0 amide bonds. The topological polar surface area (TPSA) is 26.3 Å². The molecule has 3 aromatic carbocycles. The molecule has 0 aliphatic rings. The summed E-state index contributed by atoms with van der Waals surface area (Å²) in [6, 6.07) is 18.2. The van der Waals surface area contributed by atoms with E-state index in [1.54, 1.807) is 0 Å². The lowest BCUT2D eigenvalue weighted by Gasteiger charge is -2.29. The average Bonchev–Trinajstić information content (AvgIpc) is 2.85. The van der Waals surface area contributed by atoms with Crippen LogP contribution in [0.15, 0.2) is 48.5 Å². The zero-order chi connectivity index (χ0) is 26.9. The van der Waals surface area contributed by atoms with Gasteiger partial charge in [-0.3, -0.25) is 4.79 Å². The third-order valence-electron chi connectivity index (χ3n) is 7.96. The van der Waals surface area contributed by atoms with E-state index in [4.69, 9.17) is 4.74 Å². The monoisotopic (exact) mass is 502 g/mol. The molecule has 2 nitrogen and oxygen atoms in total. The standard InChI is InChI=1S/C35H50O2/c1-7-9-10-11-12-13-14-15-21-37-33(36)26-35(6,20-8-2)32-19-17-28-22-27-16-18-31(34(3,4)5)24-29(27)23-30(28)25-32/h16-19,22-25H,7-15,20-21,26H2,1-6H3. The highest BCUT2D eigenvalue weighted by molar-refractivity contribution is 5.98. The van der Waals surface area contributed by atoms with Crippen LogP contribution in [0.25, 0.3) is 21.5 Å². The maximum Gasteiger partial charge on any atom is 0.306 e. The van der Waals surface area contributed by atoms with Crippen molar-refractivity contribution in [2.45, 2.75) is 123 Å². The molecule has 0 saturated carbocycles. The van der Waals surface area contributed by atoms with Crippen molar-refractivity contribution in [2.75, 3.05) is 6.61 Å². The van der Waals surface area contributed by atoms with E-state index in [-0.39, 0.29) is 16.8 Å². The Labute approximate surface area is 226 Å². The molecular weight excluding hydrogens is 452 g/mol. The zero-order valence-electron chi connectivity index (χ0n) is 24.4. The van der Waals surface area contributed by atoms with E-state index in [0.717, 1.165) is 25.7 Å². The Hall–Kier alpha value is -2.35. The van der Waals surface area contributed by atoms with Gasteiger partial charge in [0.25, 0.3) is 0 Å². The lowest BCUT2D eigenvalue weighted by Crippen LogP contribution is -2.27. The number of hydrogen-bond acceptors (Lipinski definition) is 2. The predicted octanol–water partition coefficient (Wildman–Crippen LogP) is 10.4. The van der Waals surface area contributed by atoms with Crippen molar-refractivity contribution in [3.8, 4) is 0 Å². The largest absolute Gasteiger partial charge is 0.466 e.